The van der Waals surface area contributed by atoms with Gasteiger partial charge in [0.25, 0.3) is 0 Å². The maximum atomic E-state index is 12.1. The molecule has 0 N–H and O–H groups in total. The molecule has 32 heavy (non-hydrogen) atoms. The van der Waals surface area contributed by atoms with Crippen molar-refractivity contribution in [2.24, 2.45) is 0 Å². The molecular formula is C29H26N2O. The maximum Gasteiger partial charge on any atom is 0.156 e. The van der Waals surface area contributed by atoms with E-state index in [0.717, 1.165) is 28.4 Å². The van der Waals surface area contributed by atoms with Crippen LogP contribution in [-0.4, -0.2) is 12.3 Å². The smallest absolute Gasteiger partial charge is 0.156 e. The molecule has 0 fully saturated rings. The van der Waals surface area contributed by atoms with Crippen LogP contribution in [0, 0.1) is 0 Å². The minimum absolute atomic E-state index is 0.0337. The highest BCUT2D eigenvalue weighted by Gasteiger charge is 2.20. The molecule has 0 bridgehead atoms. The van der Waals surface area contributed by atoms with Crippen molar-refractivity contribution in [3.63, 3.8) is 0 Å². The number of carbonyl (C=O) groups is 1. The Morgan fingerprint density at radius 2 is 1.06 bits per heavy atom. The largest absolute Gasteiger partial charge is 0.339 e. The first-order chi connectivity index (χ1) is 15.8. The number of rotatable bonds is 9. The molecule has 4 aromatic rings. The molecule has 0 saturated heterocycles. The monoisotopic (exact) mass is 418 g/mol. The van der Waals surface area contributed by atoms with Crippen LogP contribution in [0.3, 0.4) is 0 Å². The summed E-state index contributed by atoms with van der Waals surface area (Å²) in [6.07, 6.45) is 1.79. The quantitative estimate of drug-likeness (QED) is 0.264. The predicted octanol–water partition coefficient (Wildman–Crippen LogP) is 7.44. The van der Waals surface area contributed by atoms with Crippen molar-refractivity contribution in [2.75, 3.05) is 16.3 Å². The van der Waals surface area contributed by atoms with Gasteiger partial charge in [0.05, 0.1) is 11.4 Å². The third-order valence-electron chi connectivity index (χ3n) is 5.32. The fourth-order valence-corrected chi connectivity index (χ4v) is 3.78. The fraction of sp³-hybridized carbons (Fsp3) is 0.0690. The summed E-state index contributed by atoms with van der Waals surface area (Å²) in [6, 6.07) is 39.2. The topological polar surface area (TPSA) is 23.6 Å². The first-order valence-electron chi connectivity index (χ1n) is 10.7. The zero-order valence-electron chi connectivity index (χ0n) is 18.0. The molecule has 0 aliphatic rings. The van der Waals surface area contributed by atoms with Gasteiger partial charge in [-0.15, -0.1) is 0 Å². The van der Waals surface area contributed by atoms with Gasteiger partial charge in [-0.2, -0.15) is 0 Å². The van der Waals surface area contributed by atoms with E-state index in [-0.39, 0.29) is 5.78 Å². The normalized spacial score (nSPS) is 10.4. The lowest BCUT2D eigenvalue weighted by Gasteiger charge is -2.33. The lowest BCUT2D eigenvalue weighted by molar-refractivity contribution is -0.114. The van der Waals surface area contributed by atoms with Gasteiger partial charge in [0.1, 0.15) is 0 Å². The number of hydrogen-bond acceptors (Lipinski definition) is 3. The highest BCUT2D eigenvalue weighted by Crippen LogP contribution is 2.42. The van der Waals surface area contributed by atoms with Crippen molar-refractivity contribution < 1.29 is 4.79 Å². The van der Waals surface area contributed by atoms with Crippen molar-refractivity contribution >= 4 is 34.2 Å². The fourth-order valence-electron chi connectivity index (χ4n) is 3.78. The minimum atomic E-state index is 0.0337. The Hall–Kier alpha value is -4.11. The first-order valence-corrected chi connectivity index (χ1v) is 10.7. The van der Waals surface area contributed by atoms with Crippen LogP contribution in [0.25, 0.3) is 0 Å². The molecule has 3 nitrogen and oxygen atoms in total. The standard InChI is InChI=1S/C29H26N2O/c1-2-27(32)22-23-30(24-14-6-3-7-15-24)28-20-12-13-21-29(28)31(25-16-8-4-9-17-25)26-18-10-5-11-19-26/h2-21H,1,22-23H2. The van der Waals surface area contributed by atoms with E-state index in [1.54, 1.807) is 0 Å². The van der Waals surface area contributed by atoms with Crippen LogP contribution in [0.5, 0.6) is 0 Å². The van der Waals surface area contributed by atoms with Gasteiger partial charge in [-0.05, 0) is 54.6 Å². The molecule has 0 aliphatic heterocycles. The molecule has 0 amide bonds. The Kier molecular flexibility index (Phi) is 6.78. The number of nitrogens with zero attached hydrogens (tertiary/aromatic N) is 2. The number of allylic oxidation sites excluding steroid dienone is 1. The van der Waals surface area contributed by atoms with Crippen LogP contribution in [-0.2, 0) is 4.79 Å². The average Bonchev–Trinajstić information content (AvgIpc) is 2.87. The Balaban J connectivity index is 1.86. The van der Waals surface area contributed by atoms with Gasteiger partial charge in [0.15, 0.2) is 5.78 Å². The predicted molar refractivity (Wildman–Crippen MR) is 134 cm³/mol. The third kappa shape index (κ3) is 4.79. The zero-order valence-corrected chi connectivity index (χ0v) is 18.0. The molecule has 0 atom stereocenters. The van der Waals surface area contributed by atoms with Crippen LogP contribution >= 0.6 is 0 Å². The molecule has 158 valence electrons. The molecule has 0 aliphatic carbocycles. The summed E-state index contributed by atoms with van der Waals surface area (Å²) in [5, 5.41) is 0. The van der Waals surface area contributed by atoms with Crippen LogP contribution in [0.2, 0.25) is 0 Å². The molecular weight excluding hydrogens is 392 g/mol. The number of para-hydroxylation sites is 5. The van der Waals surface area contributed by atoms with E-state index in [2.05, 4.69) is 71.0 Å². The van der Waals surface area contributed by atoms with Gasteiger partial charge in [0.2, 0.25) is 0 Å². The molecule has 0 radical (unpaired) electrons. The number of anilines is 5. The minimum Gasteiger partial charge on any atom is -0.339 e. The maximum absolute atomic E-state index is 12.1. The number of benzene rings is 4. The number of ketones is 1. The van der Waals surface area contributed by atoms with Crippen LogP contribution in [0.15, 0.2) is 128 Å². The lowest BCUT2D eigenvalue weighted by atomic mass is 10.1. The number of carbonyl (C=O) groups excluding carboxylic acids is 1. The molecule has 0 unspecified atom stereocenters. The molecule has 4 rings (SSSR count). The van der Waals surface area contributed by atoms with Crippen LogP contribution in [0.4, 0.5) is 28.4 Å². The summed E-state index contributed by atoms with van der Waals surface area (Å²) in [4.78, 5) is 16.5. The average molecular weight is 419 g/mol. The molecule has 0 spiro atoms. The second-order valence-corrected chi connectivity index (χ2v) is 7.40. The molecule has 0 saturated carbocycles. The van der Waals surface area contributed by atoms with Crippen molar-refractivity contribution in [1.29, 1.82) is 0 Å². The second kappa shape index (κ2) is 10.3. The van der Waals surface area contributed by atoms with Gasteiger partial charge in [-0.1, -0.05) is 73.3 Å². The lowest BCUT2D eigenvalue weighted by Crippen LogP contribution is -2.23. The highest BCUT2D eigenvalue weighted by atomic mass is 16.1. The number of hydrogen-bond donors (Lipinski definition) is 0. The van der Waals surface area contributed by atoms with E-state index in [1.165, 1.54) is 6.08 Å². The summed E-state index contributed by atoms with van der Waals surface area (Å²) >= 11 is 0. The summed E-state index contributed by atoms with van der Waals surface area (Å²) < 4.78 is 0. The molecule has 4 aromatic carbocycles. The summed E-state index contributed by atoms with van der Waals surface area (Å²) in [5.41, 5.74) is 5.25. The first kappa shape index (κ1) is 21.1. The van der Waals surface area contributed by atoms with Crippen LogP contribution in [0.1, 0.15) is 6.42 Å². The van der Waals surface area contributed by atoms with E-state index in [9.17, 15) is 4.79 Å². The Labute approximate surface area is 189 Å². The Morgan fingerprint density at radius 3 is 1.56 bits per heavy atom. The van der Waals surface area contributed by atoms with Gasteiger partial charge < -0.3 is 9.80 Å². The van der Waals surface area contributed by atoms with Gasteiger partial charge in [0, 0.05) is 30.0 Å². The Morgan fingerprint density at radius 1 is 0.625 bits per heavy atom. The Bertz CT molecular complexity index is 1120. The van der Waals surface area contributed by atoms with E-state index in [1.807, 2.05) is 60.7 Å². The third-order valence-corrected chi connectivity index (χ3v) is 5.32. The molecule has 0 aromatic heterocycles. The van der Waals surface area contributed by atoms with Gasteiger partial charge >= 0.3 is 0 Å². The van der Waals surface area contributed by atoms with E-state index in [0.29, 0.717) is 13.0 Å². The summed E-state index contributed by atoms with van der Waals surface area (Å²) in [7, 11) is 0. The van der Waals surface area contributed by atoms with Crippen molar-refractivity contribution in [3.05, 3.63) is 128 Å². The second-order valence-electron chi connectivity index (χ2n) is 7.40. The summed E-state index contributed by atoms with van der Waals surface area (Å²) in [5.74, 6) is 0.0337. The van der Waals surface area contributed by atoms with Gasteiger partial charge in [-0.25, -0.2) is 0 Å². The van der Waals surface area contributed by atoms with Crippen LogP contribution < -0.4 is 9.80 Å². The van der Waals surface area contributed by atoms with Gasteiger partial charge in [-0.3, -0.25) is 4.79 Å². The zero-order chi connectivity index (χ0) is 22.2. The van der Waals surface area contributed by atoms with E-state index < -0.39 is 0 Å². The van der Waals surface area contributed by atoms with Crippen molar-refractivity contribution in [3.8, 4) is 0 Å². The van der Waals surface area contributed by atoms with E-state index in [4.69, 9.17) is 0 Å². The van der Waals surface area contributed by atoms with Crippen molar-refractivity contribution in [1.82, 2.24) is 0 Å². The highest BCUT2D eigenvalue weighted by molar-refractivity contribution is 5.91. The molecule has 3 heteroatoms. The molecule has 0 heterocycles. The van der Waals surface area contributed by atoms with Crippen molar-refractivity contribution in [2.45, 2.75) is 6.42 Å². The summed E-state index contributed by atoms with van der Waals surface area (Å²) in [6.45, 7) is 4.19. The SMILES string of the molecule is C=CC(=O)CCN(c1ccccc1)c1ccccc1N(c1ccccc1)c1ccccc1. The van der Waals surface area contributed by atoms with E-state index >= 15 is 0 Å².